The number of carbonyl (C=O) groups is 2. The molecule has 2 heteroatoms. The van der Waals surface area contributed by atoms with Crippen molar-refractivity contribution in [1.82, 2.24) is 0 Å². The Hall–Kier alpha value is -0.660. The highest BCUT2D eigenvalue weighted by atomic mass is 16.1. The van der Waals surface area contributed by atoms with E-state index in [-0.39, 0.29) is 11.6 Å². The summed E-state index contributed by atoms with van der Waals surface area (Å²) in [5.41, 5.74) is 0. The standard InChI is InChI=1S/C7H16.2C3H6O/c1-3-5-7-6-4-2;2*1-3(2)4/h3-7H2,1-2H3;2*1-2H3. The summed E-state index contributed by atoms with van der Waals surface area (Å²) < 4.78 is 0. The Morgan fingerprint density at radius 2 is 0.867 bits per heavy atom. The third-order valence-electron chi connectivity index (χ3n) is 1.21. The molecule has 0 amide bonds. The second-order valence-electron chi connectivity index (χ2n) is 3.88. The molecule has 0 radical (unpaired) electrons. The molecule has 0 fully saturated rings. The maximum absolute atomic E-state index is 9.44. The van der Waals surface area contributed by atoms with Crippen molar-refractivity contribution in [3.05, 3.63) is 0 Å². The van der Waals surface area contributed by atoms with Crippen LogP contribution in [0, 0.1) is 0 Å². The van der Waals surface area contributed by atoms with Crippen molar-refractivity contribution in [2.24, 2.45) is 0 Å². The first-order valence-electron chi connectivity index (χ1n) is 5.82. The molecule has 0 rings (SSSR count). The Balaban J connectivity index is -0.000000155. The van der Waals surface area contributed by atoms with Gasteiger partial charge in [-0.15, -0.1) is 0 Å². The number of hydrogen-bond donors (Lipinski definition) is 0. The van der Waals surface area contributed by atoms with Crippen LogP contribution in [-0.2, 0) is 9.59 Å². The predicted molar refractivity (Wildman–Crippen MR) is 67.1 cm³/mol. The molecule has 0 bridgehead atoms. The number of unbranched alkanes of at least 4 members (excludes halogenated alkanes) is 4. The zero-order valence-electron chi connectivity index (χ0n) is 11.4. The first-order valence-corrected chi connectivity index (χ1v) is 5.82. The van der Waals surface area contributed by atoms with Gasteiger partial charge in [0.05, 0.1) is 0 Å². The number of hydrogen-bond acceptors (Lipinski definition) is 2. The van der Waals surface area contributed by atoms with E-state index < -0.39 is 0 Å². The molecular formula is C13H28O2. The largest absolute Gasteiger partial charge is 0.300 e. The highest BCUT2D eigenvalue weighted by Crippen LogP contribution is 2.00. The van der Waals surface area contributed by atoms with Gasteiger partial charge < -0.3 is 9.59 Å². The van der Waals surface area contributed by atoms with Gasteiger partial charge in [-0.3, -0.25) is 0 Å². The van der Waals surface area contributed by atoms with Crippen molar-refractivity contribution in [2.75, 3.05) is 0 Å². The van der Waals surface area contributed by atoms with Gasteiger partial charge in [0.2, 0.25) is 0 Å². The second kappa shape index (κ2) is 19.0. The van der Waals surface area contributed by atoms with E-state index in [4.69, 9.17) is 0 Å². The van der Waals surface area contributed by atoms with Gasteiger partial charge in [-0.05, 0) is 27.7 Å². The predicted octanol–water partition coefficient (Wildman–Crippen LogP) is 4.17. The minimum atomic E-state index is 0.167. The van der Waals surface area contributed by atoms with Crippen molar-refractivity contribution in [1.29, 1.82) is 0 Å². The molecule has 0 atom stereocenters. The van der Waals surface area contributed by atoms with E-state index in [0.29, 0.717) is 0 Å². The summed E-state index contributed by atoms with van der Waals surface area (Å²) in [5.74, 6) is 0.333. The van der Waals surface area contributed by atoms with Crippen LogP contribution in [0.2, 0.25) is 0 Å². The quantitative estimate of drug-likeness (QED) is 0.661. The van der Waals surface area contributed by atoms with Crippen molar-refractivity contribution >= 4 is 11.6 Å². The SMILES string of the molecule is CC(C)=O.CC(C)=O.CCCCCCC. The third kappa shape index (κ3) is 154. The summed E-state index contributed by atoms with van der Waals surface area (Å²) >= 11 is 0. The molecule has 0 aliphatic heterocycles. The average Bonchev–Trinajstić information content (AvgIpc) is 2.03. The summed E-state index contributed by atoms with van der Waals surface area (Å²) in [6.45, 7) is 10.6. The fraction of sp³-hybridized carbons (Fsp3) is 0.846. The fourth-order valence-corrected chi connectivity index (χ4v) is 0.677. The summed E-state index contributed by atoms with van der Waals surface area (Å²) in [5, 5.41) is 0. The first kappa shape index (κ1) is 19.8. The monoisotopic (exact) mass is 216 g/mol. The zero-order valence-corrected chi connectivity index (χ0v) is 11.4. The van der Waals surface area contributed by atoms with E-state index >= 15 is 0 Å². The number of carbonyl (C=O) groups excluding carboxylic acids is 2. The van der Waals surface area contributed by atoms with E-state index in [9.17, 15) is 9.59 Å². The lowest BCUT2D eigenvalue weighted by Crippen LogP contribution is -1.70. The maximum atomic E-state index is 9.44. The van der Waals surface area contributed by atoms with Crippen LogP contribution in [0.1, 0.15) is 73.6 Å². The molecule has 0 spiro atoms. The van der Waals surface area contributed by atoms with Crippen LogP contribution < -0.4 is 0 Å². The maximum Gasteiger partial charge on any atom is 0.126 e. The Labute approximate surface area is 95.5 Å². The van der Waals surface area contributed by atoms with Gasteiger partial charge in [0.15, 0.2) is 0 Å². The lowest BCUT2D eigenvalue weighted by Gasteiger charge is -1.90. The summed E-state index contributed by atoms with van der Waals surface area (Å²) in [7, 11) is 0. The lowest BCUT2D eigenvalue weighted by atomic mass is 10.2. The molecule has 0 aliphatic carbocycles. The molecule has 0 aliphatic rings. The van der Waals surface area contributed by atoms with Gasteiger partial charge in [0.1, 0.15) is 11.6 Å². The van der Waals surface area contributed by atoms with E-state index in [1.165, 1.54) is 59.8 Å². The Bertz CT molecular complexity index is 115. The zero-order chi connectivity index (χ0) is 12.7. The van der Waals surface area contributed by atoms with Crippen LogP contribution in [0.3, 0.4) is 0 Å². The van der Waals surface area contributed by atoms with Crippen LogP contribution in [0.5, 0.6) is 0 Å². The third-order valence-corrected chi connectivity index (χ3v) is 1.21. The molecule has 0 aromatic carbocycles. The van der Waals surface area contributed by atoms with E-state index in [1.807, 2.05) is 0 Å². The molecule has 0 unspecified atom stereocenters. The molecule has 15 heavy (non-hydrogen) atoms. The Kier molecular flexibility index (Phi) is 25.1. The summed E-state index contributed by atoms with van der Waals surface area (Å²) in [6, 6.07) is 0. The van der Waals surface area contributed by atoms with Crippen LogP contribution in [0.25, 0.3) is 0 Å². The van der Waals surface area contributed by atoms with Crippen molar-refractivity contribution in [3.63, 3.8) is 0 Å². The van der Waals surface area contributed by atoms with E-state index in [0.717, 1.165) is 0 Å². The second-order valence-corrected chi connectivity index (χ2v) is 3.88. The Morgan fingerprint density at radius 1 is 0.667 bits per heavy atom. The van der Waals surface area contributed by atoms with Gasteiger partial charge in [-0.25, -0.2) is 0 Å². The van der Waals surface area contributed by atoms with Gasteiger partial charge in [0, 0.05) is 0 Å². The first-order chi connectivity index (χ1) is 6.88. The normalized spacial score (nSPS) is 7.87. The molecule has 0 N–H and O–H groups in total. The fourth-order valence-electron chi connectivity index (χ4n) is 0.677. The van der Waals surface area contributed by atoms with Gasteiger partial charge in [-0.1, -0.05) is 46.0 Å². The minimum Gasteiger partial charge on any atom is -0.300 e. The highest BCUT2D eigenvalue weighted by molar-refractivity contribution is 5.72. The highest BCUT2D eigenvalue weighted by Gasteiger charge is 1.80. The molecule has 0 saturated heterocycles. The molecule has 0 heterocycles. The molecule has 0 aromatic rings. The summed E-state index contributed by atoms with van der Waals surface area (Å²) in [6.07, 6.45) is 7.01. The van der Waals surface area contributed by atoms with Crippen molar-refractivity contribution in [3.8, 4) is 0 Å². The van der Waals surface area contributed by atoms with Gasteiger partial charge >= 0.3 is 0 Å². The number of rotatable bonds is 4. The van der Waals surface area contributed by atoms with Crippen LogP contribution >= 0.6 is 0 Å². The number of ketones is 2. The van der Waals surface area contributed by atoms with Crippen LogP contribution in [-0.4, -0.2) is 11.6 Å². The van der Waals surface area contributed by atoms with Gasteiger partial charge in [-0.2, -0.15) is 0 Å². The minimum absolute atomic E-state index is 0.167. The average molecular weight is 216 g/mol. The van der Waals surface area contributed by atoms with Crippen LogP contribution in [0.15, 0.2) is 0 Å². The molecular weight excluding hydrogens is 188 g/mol. The molecule has 92 valence electrons. The summed E-state index contributed by atoms with van der Waals surface area (Å²) in [4.78, 5) is 18.9. The molecule has 0 saturated carbocycles. The van der Waals surface area contributed by atoms with Crippen molar-refractivity contribution < 1.29 is 9.59 Å². The lowest BCUT2D eigenvalue weighted by molar-refractivity contribution is -0.115. The van der Waals surface area contributed by atoms with E-state index in [1.54, 1.807) is 0 Å². The topological polar surface area (TPSA) is 34.1 Å². The Morgan fingerprint density at radius 3 is 1.00 bits per heavy atom. The van der Waals surface area contributed by atoms with Crippen molar-refractivity contribution in [2.45, 2.75) is 73.6 Å². The molecule has 2 nitrogen and oxygen atoms in total. The van der Waals surface area contributed by atoms with Crippen LogP contribution in [0.4, 0.5) is 0 Å². The van der Waals surface area contributed by atoms with Gasteiger partial charge in [0.25, 0.3) is 0 Å². The number of Topliss-reactive ketones (excluding diaryl/α,β-unsaturated/α-hetero) is 2. The molecule has 0 aromatic heterocycles. The smallest absolute Gasteiger partial charge is 0.126 e. The van der Waals surface area contributed by atoms with E-state index in [2.05, 4.69) is 13.8 Å².